The van der Waals surface area contributed by atoms with Gasteiger partial charge in [-0.3, -0.25) is 9.97 Å². The summed E-state index contributed by atoms with van der Waals surface area (Å²) in [5.41, 5.74) is 1.91. The number of aromatic nitrogens is 2. The third-order valence-corrected chi connectivity index (χ3v) is 2.19. The lowest BCUT2D eigenvalue weighted by Gasteiger charge is -2.15. The van der Waals surface area contributed by atoms with Gasteiger partial charge in [-0.25, -0.2) is 0 Å². The van der Waals surface area contributed by atoms with Crippen LogP contribution in [0.5, 0.6) is 0 Å². The summed E-state index contributed by atoms with van der Waals surface area (Å²) in [4.78, 5) is 8.59. The summed E-state index contributed by atoms with van der Waals surface area (Å²) in [6.45, 7) is 4.91. The minimum Gasteiger partial charge on any atom is -0.309 e. The SMILES string of the molecule is C#CCCC(NCC)c1cnc(C)cn1. The Labute approximate surface area is 91.3 Å². The smallest absolute Gasteiger partial charge is 0.0756 e. The molecule has 1 atom stereocenters. The first-order valence-electron chi connectivity index (χ1n) is 5.23. The van der Waals surface area contributed by atoms with Gasteiger partial charge in [0.1, 0.15) is 0 Å². The zero-order valence-corrected chi connectivity index (χ0v) is 9.33. The van der Waals surface area contributed by atoms with Crippen molar-refractivity contribution in [1.29, 1.82) is 0 Å². The molecule has 0 saturated heterocycles. The lowest BCUT2D eigenvalue weighted by molar-refractivity contribution is 0.508. The predicted molar refractivity (Wildman–Crippen MR) is 61.3 cm³/mol. The van der Waals surface area contributed by atoms with Gasteiger partial charge in [-0.05, 0) is 19.9 Å². The lowest BCUT2D eigenvalue weighted by Crippen LogP contribution is -2.22. The van der Waals surface area contributed by atoms with Gasteiger partial charge < -0.3 is 5.32 Å². The molecule has 1 N–H and O–H groups in total. The van der Waals surface area contributed by atoms with Crippen molar-refractivity contribution in [3.8, 4) is 12.3 Å². The minimum absolute atomic E-state index is 0.221. The summed E-state index contributed by atoms with van der Waals surface area (Å²) in [6, 6.07) is 0.221. The van der Waals surface area contributed by atoms with Crippen LogP contribution in [0, 0.1) is 19.3 Å². The van der Waals surface area contributed by atoms with Crippen molar-refractivity contribution in [2.45, 2.75) is 32.7 Å². The van der Waals surface area contributed by atoms with Gasteiger partial charge in [-0.2, -0.15) is 0 Å². The monoisotopic (exact) mass is 203 g/mol. The van der Waals surface area contributed by atoms with Crippen molar-refractivity contribution in [2.75, 3.05) is 6.54 Å². The fourth-order valence-corrected chi connectivity index (χ4v) is 1.41. The van der Waals surface area contributed by atoms with Gasteiger partial charge in [0.05, 0.1) is 23.6 Å². The van der Waals surface area contributed by atoms with Crippen LogP contribution in [0.2, 0.25) is 0 Å². The van der Waals surface area contributed by atoms with Crippen molar-refractivity contribution in [3.05, 3.63) is 23.8 Å². The van der Waals surface area contributed by atoms with Crippen LogP contribution in [-0.4, -0.2) is 16.5 Å². The van der Waals surface area contributed by atoms with Gasteiger partial charge in [-0.15, -0.1) is 12.3 Å². The molecule has 0 fully saturated rings. The van der Waals surface area contributed by atoms with Crippen LogP contribution in [0.4, 0.5) is 0 Å². The van der Waals surface area contributed by atoms with Gasteiger partial charge in [0.25, 0.3) is 0 Å². The predicted octanol–water partition coefficient (Wildman–Crippen LogP) is 1.85. The maximum Gasteiger partial charge on any atom is 0.0756 e. The van der Waals surface area contributed by atoms with E-state index in [0.717, 1.165) is 30.8 Å². The summed E-state index contributed by atoms with van der Waals surface area (Å²) in [5, 5.41) is 3.36. The highest BCUT2D eigenvalue weighted by molar-refractivity contribution is 5.06. The molecule has 0 aliphatic carbocycles. The van der Waals surface area contributed by atoms with Crippen molar-refractivity contribution >= 4 is 0 Å². The molecule has 15 heavy (non-hydrogen) atoms. The molecule has 1 heterocycles. The topological polar surface area (TPSA) is 37.8 Å². The molecule has 0 aliphatic heterocycles. The van der Waals surface area contributed by atoms with Crippen LogP contribution in [0.1, 0.15) is 37.2 Å². The number of nitrogens with one attached hydrogen (secondary N) is 1. The fraction of sp³-hybridized carbons (Fsp3) is 0.500. The molecule has 1 rings (SSSR count). The Morgan fingerprint density at radius 3 is 2.80 bits per heavy atom. The number of aryl methyl sites for hydroxylation is 1. The summed E-state index contributed by atoms with van der Waals surface area (Å²) in [6.07, 6.45) is 10.5. The normalized spacial score (nSPS) is 12.1. The number of rotatable bonds is 5. The molecule has 3 nitrogen and oxygen atoms in total. The zero-order chi connectivity index (χ0) is 11.1. The van der Waals surface area contributed by atoms with Crippen molar-refractivity contribution in [3.63, 3.8) is 0 Å². The van der Waals surface area contributed by atoms with E-state index in [9.17, 15) is 0 Å². The van der Waals surface area contributed by atoms with Crippen LogP contribution in [0.25, 0.3) is 0 Å². The minimum atomic E-state index is 0.221. The average molecular weight is 203 g/mol. The van der Waals surface area contributed by atoms with E-state index in [1.54, 1.807) is 6.20 Å². The van der Waals surface area contributed by atoms with E-state index >= 15 is 0 Å². The number of hydrogen-bond acceptors (Lipinski definition) is 3. The fourth-order valence-electron chi connectivity index (χ4n) is 1.41. The third kappa shape index (κ3) is 3.69. The standard InChI is InChI=1S/C12H17N3/c1-4-6-7-11(13-5-2)12-9-14-10(3)8-15-12/h1,8-9,11,13H,5-7H2,2-3H3. The van der Waals surface area contributed by atoms with Crippen molar-refractivity contribution in [1.82, 2.24) is 15.3 Å². The Morgan fingerprint density at radius 1 is 1.47 bits per heavy atom. The highest BCUT2D eigenvalue weighted by Crippen LogP contribution is 2.14. The Hall–Kier alpha value is -1.40. The first-order valence-corrected chi connectivity index (χ1v) is 5.23. The van der Waals surface area contributed by atoms with Crippen LogP contribution in [-0.2, 0) is 0 Å². The third-order valence-electron chi connectivity index (χ3n) is 2.19. The quantitative estimate of drug-likeness (QED) is 0.742. The van der Waals surface area contributed by atoms with Crippen LogP contribution in [0.15, 0.2) is 12.4 Å². The van der Waals surface area contributed by atoms with E-state index in [2.05, 4.69) is 28.1 Å². The van der Waals surface area contributed by atoms with Gasteiger partial charge >= 0.3 is 0 Å². The second kappa shape index (κ2) is 6.15. The van der Waals surface area contributed by atoms with Crippen molar-refractivity contribution < 1.29 is 0 Å². The number of nitrogens with zero attached hydrogens (tertiary/aromatic N) is 2. The van der Waals surface area contributed by atoms with E-state index in [4.69, 9.17) is 6.42 Å². The molecule has 1 aromatic heterocycles. The van der Waals surface area contributed by atoms with Gasteiger partial charge in [0.2, 0.25) is 0 Å². The summed E-state index contributed by atoms with van der Waals surface area (Å²) in [7, 11) is 0. The number of hydrogen-bond donors (Lipinski definition) is 1. The van der Waals surface area contributed by atoms with E-state index in [1.165, 1.54) is 0 Å². The molecule has 0 saturated carbocycles. The summed E-state index contributed by atoms with van der Waals surface area (Å²) in [5.74, 6) is 2.65. The molecule has 3 heteroatoms. The molecule has 0 bridgehead atoms. The zero-order valence-electron chi connectivity index (χ0n) is 9.33. The van der Waals surface area contributed by atoms with Gasteiger partial charge in [0, 0.05) is 12.6 Å². The van der Waals surface area contributed by atoms with Crippen LogP contribution < -0.4 is 5.32 Å². The van der Waals surface area contributed by atoms with E-state index in [1.807, 2.05) is 13.1 Å². The molecule has 1 unspecified atom stereocenters. The van der Waals surface area contributed by atoms with E-state index in [0.29, 0.717) is 0 Å². The first-order chi connectivity index (χ1) is 7.27. The Morgan fingerprint density at radius 2 is 2.27 bits per heavy atom. The van der Waals surface area contributed by atoms with Crippen molar-refractivity contribution in [2.24, 2.45) is 0 Å². The van der Waals surface area contributed by atoms with Crippen LogP contribution >= 0.6 is 0 Å². The van der Waals surface area contributed by atoms with Gasteiger partial charge in [0.15, 0.2) is 0 Å². The maximum absolute atomic E-state index is 5.26. The van der Waals surface area contributed by atoms with Gasteiger partial charge in [-0.1, -0.05) is 6.92 Å². The summed E-state index contributed by atoms with van der Waals surface area (Å²) >= 11 is 0. The largest absolute Gasteiger partial charge is 0.309 e. The van der Waals surface area contributed by atoms with E-state index in [-0.39, 0.29) is 6.04 Å². The molecule has 0 spiro atoms. The highest BCUT2D eigenvalue weighted by atomic mass is 14.9. The molecule has 0 aromatic carbocycles. The maximum atomic E-state index is 5.26. The molecule has 0 radical (unpaired) electrons. The average Bonchev–Trinajstić information content (AvgIpc) is 2.25. The number of terminal acetylenes is 1. The highest BCUT2D eigenvalue weighted by Gasteiger charge is 2.10. The second-order valence-corrected chi connectivity index (χ2v) is 3.44. The Balaban J connectivity index is 2.70. The molecular weight excluding hydrogens is 186 g/mol. The lowest BCUT2D eigenvalue weighted by atomic mass is 10.1. The Bertz CT molecular complexity index is 324. The molecule has 0 amide bonds. The van der Waals surface area contributed by atoms with Crippen LogP contribution in [0.3, 0.4) is 0 Å². The summed E-state index contributed by atoms with van der Waals surface area (Å²) < 4.78 is 0. The molecule has 80 valence electrons. The second-order valence-electron chi connectivity index (χ2n) is 3.44. The molecule has 0 aliphatic rings. The Kier molecular flexibility index (Phi) is 4.79. The molecule has 1 aromatic rings. The first kappa shape index (κ1) is 11.7. The van der Waals surface area contributed by atoms with E-state index < -0.39 is 0 Å². The molecular formula is C12H17N3.